The largest absolute Gasteiger partial charge is 0.504 e. The van der Waals surface area contributed by atoms with E-state index < -0.39 is 0 Å². The van der Waals surface area contributed by atoms with Gasteiger partial charge in [-0.1, -0.05) is 48.5 Å². The van der Waals surface area contributed by atoms with E-state index in [0.29, 0.717) is 46.8 Å². The molecule has 0 aliphatic carbocycles. The van der Waals surface area contributed by atoms with Crippen LogP contribution in [0.5, 0.6) is 11.5 Å². The molecule has 5 aromatic rings. The van der Waals surface area contributed by atoms with E-state index in [1.165, 1.54) is 7.11 Å². The molecule has 5 rings (SSSR count). The van der Waals surface area contributed by atoms with Gasteiger partial charge in [0.1, 0.15) is 0 Å². The number of phenols is 1. The zero-order valence-electron chi connectivity index (χ0n) is 16.9. The van der Waals surface area contributed by atoms with Crippen molar-refractivity contribution in [2.75, 3.05) is 7.11 Å². The van der Waals surface area contributed by atoms with Gasteiger partial charge in [-0.3, -0.25) is 13.8 Å². The molecule has 2 heterocycles. The monoisotopic (exact) mass is 412 g/mol. The Morgan fingerprint density at radius 1 is 0.935 bits per heavy atom. The lowest BCUT2D eigenvalue weighted by Crippen LogP contribution is -2.24. The fourth-order valence-electron chi connectivity index (χ4n) is 3.89. The molecule has 0 amide bonds. The van der Waals surface area contributed by atoms with Crippen LogP contribution in [0.25, 0.3) is 28.1 Å². The number of hydrogen-bond donors (Lipinski definition) is 1. The van der Waals surface area contributed by atoms with E-state index in [4.69, 9.17) is 4.74 Å². The SMILES string of the molecule is COc1cccc(-c2nnc3n(CCc4ccccc4)c(=O)c4ccccc4n23)c1O. The Balaban J connectivity index is 1.76. The van der Waals surface area contributed by atoms with Gasteiger partial charge in [0.2, 0.25) is 5.78 Å². The van der Waals surface area contributed by atoms with Crippen molar-refractivity contribution in [3.8, 4) is 22.9 Å². The number of fused-ring (bicyclic) bond motifs is 3. The Bertz CT molecular complexity index is 1450. The Morgan fingerprint density at radius 3 is 2.52 bits per heavy atom. The van der Waals surface area contributed by atoms with Gasteiger partial charge in [-0.2, -0.15) is 0 Å². The highest BCUT2D eigenvalue weighted by Crippen LogP contribution is 2.36. The topological polar surface area (TPSA) is 81.7 Å². The predicted molar refractivity (Wildman–Crippen MR) is 119 cm³/mol. The van der Waals surface area contributed by atoms with Crippen LogP contribution >= 0.6 is 0 Å². The fourth-order valence-corrected chi connectivity index (χ4v) is 3.89. The lowest BCUT2D eigenvalue weighted by Gasteiger charge is -2.12. The summed E-state index contributed by atoms with van der Waals surface area (Å²) in [7, 11) is 1.50. The standard InChI is InChI=1S/C24H20N4O3/c1-31-20-13-7-11-18(21(20)29)22-25-26-24-27(15-14-16-8-3-2-4-9-16)23(30)17-10-5-6-12-19(17)28(22)24/h2-13,29H,14-15H2,1H3. The number of para-hydroxylation sites is 2. The summed E-state index contributed by atoms with van der Waals surface area (Å²) in [5.74, 6) is 1.19. The van der Waals surface area contributed by atoms with Crippen molar-refractivity contribution in [2.24, 2.45) is 0 Å². The summed E-state index contributed by atoms with van der Waals surface area (Å²) in [5, 5.41) is 19.9. The molecule has 0 unspecified atom stereocenters. The highest BCUT2D eigenvalue weighted by Gasteiger charge is 2.20. The summed E-state index contributed by atoms with van der Waals surface area (Å²) in [4.78, 5) is 13.3. The zero-order valence-corrected chi connectivity index (χ0v) is 16.9. The maximum absolute atomic E-state index is 13.3. The second-order valence-electron chi connectivity index (χ2n) is 7.22. The van der Waals surface area contributed by atoms with Gasteiger partial charge >= 0.3 is 0 Å². The molecule has 7 heteroatoms. The number of ether oxygens (including phenoxy) is 1. The second kappa shape index (κ2) is 7.60. The smallest absolute Gasteiger partial charge is 0.262 e. The predicted octanol–water partition coefficient (Wildman–Crippen LogP) is 3.67. The molecule has 0 radical (unpaired) electrons. The molecule has 0 spiro atoms. The molecule has 2 aromatic heterocycles. The highest BCUT2D eigenvalue weighted by molar-refractivity contribution is 5.83. The molecule has 0 saturated carbocycles. The van der Waals surface area contributed by atoms with Gasteiger partial charge in [-0.15, -0.1) is 10.2 Å². The molecule has 3 aromatic carbocycles. The van der Waals surface area contributed by atoms with Crippen LogP contribution in [0.1, 0.15) is 5.56 Å². The second-order valence-corrected chi connectivity index (χ2v) is 7.22. The van der Waals surface area contributed by atoms with Crippen LogP contribution in [0.3, 0.4) is 0 Å². The van der Waals surface area contributed by atoms with Crippen molar-refractivity contribution in [1.29, 1.82) is 0 Å². The van der Waals surface area contributed by atoms with Gasteiger partial charge in [0.05, 0.1) is 23.6 Å². The minimum Gasteiger partial charge on any atom is -0.504 e. The molecule has 0 bridgehead atoms. The minimum atomic E-state index is -0.118. The molecular formula is C24H20N4O3. The first-order valence-electron chi connectivity index (χ1n) is 9.96. The van der Waals surface area contributed by atoms with Crippen LogP contribution in [-0.2, 0) is 13.0 Å². The summed E-state index contributed by atoms with van der Waals surface area (Å²) in [6.45, 7) is 0.458. The maximum atomic E-state index is 13.3. The third kappa shape index (κ3) is 3.11. The van der Waals surface area contributed by atoms with Gasteiger partial charge in [0, 0.05) is 6.54 Å². The van der Waals surface area contributed by atoms with E-state index in [2.05, 4.69) is 10.2 Å². The minimum absolute atomic E-state index is 0.0228. The van der Waals surface area contributed by atoms with E-state index in [1.807, 2.05) is 52.9 Å². The van der Waals surface area contributed by atoms with Crippen LogP contribution in [-0.4, -0.2) is 31.4 Å². The van der Waals surface area contributed by atoms with Crippen molar-refractivity contribution in [1.82, 2.24) is 19.2 Å². The zero-order chi connectivity index (χ0) is 21.4. The van der Waals surface area contributed by atoms with E-state index in [9.17, 15) is 9.90 Å². The molecule has 7 nitrogen and oxygen atoms in total. The first-order valence-corrected chi connectivity index (χ1v) is 9.96. The van der Waals surface area contributed by atoms with E-state index in [0.717, 1.165) is 5.56 Å². The normalized spacial score (nSPS) is 11.3. The van der Waals surface area contributed by atoms with Crippen LogP contribution in [0.2, 0.25) is 0 Å². The number of nitrogens with zero attached hydrogens (tertiary/aromatic N) is 4. The molecule has 0 aliphatic rings. The third-order valence-corrected chi connectivity index (χ3v) is 5.43. The lowest BCUT2D eigenvalue weighted by atomic mass is 10.1. The van der Waals surface area contributed by atoms with Crippen molar-refractivity contribution in [3.63, 3.8) is 0 Å². The van der Waals surface area contributed by atoms with Gasteiger partial charge < -0.3 is 9.84 Å². The van der Waals surface area contributed by atoms with Gasteiger partial charge in [-0.05, 0) is 36.2 Å². The van der Waals surface area contributed by atoms with Crippen LogP contribution < -0.4 is 10.3 Å². The molecular weight excluding hydrogens is 392 g/mol. The average Bonchev–Trinajstić information content (AvgIpc) is 3.25. The van der Waals surface area contributed by atoms with Crippen molar-refractivity contribution in [3.05, 3.63) is 88.7 Å². The number of benzene rings is 3. The van der Waals surface area contributed by atoms with Crippen LogP contribution in [0.15, 0.2) is 77.6 Å². The molecule has 0 aliphatic heterocycles. The van der Waals surface area contributed by atoms with Gasteiger partial charge in [0.15, 0.2) is 17.3 Å². The maximum Gasteiger partial charge on any atom is 0.262 e. The average molecular weight is 412 g/mol. The molecule has 0 fully saturated rings. The number of rotatable bonds is 5. The number of aryl methyl sites for hydroxylation is 2. The number of methoxy groups -OCH3 is 1. The van der Waals surface area contributed by atoms with Crippen LogP contribution in [0.4, 0.5) is 0 Å². The number of phenolic OH excluding ortho intramolecular Hbond substituents is 1. The summed E-state index contributed by atoms with van der Waals surface area (Å²) >= 11 is 0. The fraction of sp³-hybridized carbons (Fsp3) is 0.125. The Labute approximate surface area is 177 Å². The van der Waals surface area contributed by atoms with Crippen molar-refractivity contribution in [2.45, 2.75) is 13.0 Å². The Hall–Kier alpha value is -4.13. The molecule has 154 valence electrons. The van der Waals surface area contributed by atoms with Gasteiger partial charge in [0.25, 0.3) is 5.56 Å². The molecule has 0 saturated heterocycles. The summed E-state index contributed by atoms with van der Waals surface area (Å²) in [6.07, 6.45) is 0.682. The van der Waals surface area contributed by atoms with Crippen molar-refractivity contribution >= 4 is 16.7 Å². The highest BCUT2D eigenvalue weighted by atomic mass is 16.5. The number of aromatic nitrogens is 4. The molecule has 31 heavy (non-hydrogen) atoms. The summed E-state index contributed by atoms with van der Waals surface area (Å²) < 4.78 is 8.71. The first kappa shape index (κ1) is 18.9. The Kier molecular flexibility index (Phi) is 4.63. The first-order chi connectivity index (χ1) is 15.2. The van der Waals surface area contributed by atoms with E-state index >= 15 is 0 Å². The molecule has 0 atom stereocenters. The quantitative estimate of drug-likeness (QED) is 0.476. The van der Waals surface area contributed by atoms with E-state index in [-0.39, 0.29) is 11.3 Å². The van der Waals surface area contributed by atoms with Gasteiger partial charge in [-0.25, -0.2) is 0 Å². The third-order valence-electron chi connectivity index (χ3n) is 5.43. The summed E-state index contributed by atoms with van der Waals surface area (Å²) in [6, 6.07) is 22.6. The van der Waals surface area contributed by atoms with E-state index in [1.54, 1.807) is 28.8 Å². The number of aromatic hydroxyl groups is 1. The summed E-state index contributed by atoms with van der Waals surface area (Å²) in [5.41, 5.74) is 2.17. The van der Waals surface area contributed by atoms with Crippen LogP contribution in [0, 0.1) is 0 Å². The number of hydrogen-bond acceptors (Lipinski definition) is 5. The molecule has 1 N–H and O–H groups in total. The van der Waals surface area contributed by atoms with Crippen molar-refractivity contribution < 1.29 is 9.84 Å². The lowest BCUT2D eigenvalue weighted by molar-refractivity contribution is 0.374. The Morgan fingerprint density at radius 2 is 1.71 bits per heavy atom.